The van der Waals surface area contributed by atoms with Crippen molar-refractivity contribution in [1.82, 2.24) is 4.90 Å². The van der Waals surface area contributed by atoms with Crippen LogP contribution in [0.1, 0.15) is 12.5 Å². The Bertz CT molecular complexity index is 342. The Morgan fingerprint density at radius 2 is 2.19 bits per heavy atom. The van der Waals surface area contributed by atoms with Crippen molar-refractivity contribution in [3.8, 4) is 5.75 Å². The van der Waals surface area contributed by atoms with Crippen molar-refractivity contribution in [2.45, 2.75) is 19.6 Å². The standard InChI is InChI=1S/C12H18BrNO2/c1-9(15)7-14(2)8-10-6-11(16-3)4-5-12(10)13/h4-6,9,15H,7-8H2,1-3H3. The van der Waals surface area contributed by atoms with Gasteiger partial charge in [-0.2, -0.15) is 0 Å². The van der Waals surface area contributed by atoms with E-state index in [4.69, 9.17) is 4.74 Å². The summed E-state index contributed by atoms with van der Waals surface area (Å²) >= 11 is 3.51. The normalized spacial score (nSPS) is 12.9. The van der Waals surface area contributed by atoms with Crippen molar-refractivity contribution in [2.75, 3.05) is 20.7 Å². The van der Waals surface area contributed by atoms with E-state index in [-0.39, 0.29) is 6.10 Å². The van der Waals surface area contributed by atoms with Crippen LogP contribution in [0.5, 0.6) is 5.75 Å². The zero-order valence-electron chi connectivity index (χ0n) is 9.90. The predicted octanol–water partition coefficient (Wildman–Crippen LogP) is 2.27. The number of methoxy groups -OCH3 is 1. The Kier molecular flexibility index (Phi) is 5.25. The van der Waals surface area contributed by atoms with Crippen molar-refractivity contribution in [1.29, 1.82) is 0 Å². The summed E-state index contributed by atoms with van der Waals surface area (Å²) in [5.74, 6) is 0.851. The number of hydrogen-bond acceptors (Lipinski definition) is 3. The highest BCUT2D eigenvalue weighted by atomic mass is 79.9. The van der Waals surface area contributed by atoms with Gasteiger partial charge in [0.05, 0.1) is 13.2 Å². The molecule has 0 aromatic heterocycles. The van der Waals surface area contributed by atoms with E-state index in [1.807, 2.05) is 25.2 Å². The molecule has 1 unspecified atom stereocenters. The van der Waals surface area contributed by atoms with Crippen molar-refractivity contribution in [3.05, 3.63) is 28.2 Å². The SMILES string of the molecule is COc1ccc(Br)c(CN(C)CC(C)O)c1. The highest BCUT2D eigenvalue weighted by molar-refractivity contribution is 9.10. The van der Waals surface area contributed by atoms with Crippen molar-refractivity contribution >= 4 is 15.9 Å². The molecule has 0 fully saturated rings. The number of rotatable bonds is 5. The van der Waals surface area contributed by atoms with Gasteiger partial charge in [0.1, 0.15) is 5.75 Å². The fraction of sp³-hybridized carbons (Fsp3) is 0.500. The van der Waals surface area contributed by atoms with Gasteiger partial charge in [-0.25, -0.2) is 0 Å². The molecule has 90 valence electrons. The van der Waals surface area contributed by atoms with Crippen LogP contribution in [0.15, 0.2) is 22.7 Å². The number of nitrogens with zero attached hydrogens (tertiary/aromatic N) is 1. The molecule has 1 aromatic rings. The highest BCUT2D eigenvalue weighted by Gasteiger charge is 2.07. The summed E-state index contributed by atoms with van der Waals surface area (Å²) in [4.78, 5) is 2.07. The predicted molar refractivity (Wildman–Crippen MR) is 68.7 cm³/mol. The summed E-state index contributed by atoms with van der Waals surface area (Å²) in [5.41, 5.74) is 1.16. The number of benzene rings is 1. The maximum Gasteiger partial charge on any atom is 0.119 e. The van der Waals surface area contributed by atoms with Crippen LogP contribution in [0.25, 0.3) is 0 Å². The lowest BCUT2D eigenvalue weighted by Gasteiger charge is -2.19. The maximum absolute atomic E-state index is 9.29. The lowest BCUT2D eigenvalue weighted by atomic mass is 10.2. The van der Waals surface area contributed by atoms with Crippen molar-refractivity contribution < 1.29 is 9.84 Å². The minimum Gasteiger partial charge on any atom is -0.497 e. The van der Waals surface area contributed by atoms with E-state index < -0.39 is 0 Å². The topological polar surface area (TPSA) is 32.7 Å². The first-order valence-corrected chi connectivity index (χ1v) is 6.01. The minimum atomic E-state index is -0.311. The number of aliphatic hydroxyl groups is 1. The number of halogens is 1. The van der Waals surface area contributed by atoms with Gasteiger partial charge < -0.3 is 9.84 Å². The van der Waals surface area contributed by atoms with E-state index in [0.717, 1.165) is 22.3 Å². The van der Waals surface area contributed by atoms with Crippen LogP contribution in [0, 0.1) is 0 Å². The quantitative estimate of drug-likeness (QED) is 0.902. The van der Waals surface area contributed by atoms with Crippen LogP contribution >= 0.6 is 15.9 Å². The summed E-state index contributed by atoms with van der Waals surface area (Å²) < 4.78 is 6.24. The third kappa shape index (κ3) is 4.12. The molecular formula is C12H18BrNO2. The molecule has 0 aliphatic rings. The molecule has 0 saturated carbocycles. The summed E-state index contributed by atoms with van der Waals surface area (Å²) in [6.45, 7) is 3.23. The van der Waals surface area contributed by atoms with Crippen LogP contribution in [0.4, 0.5) is 0 Å². The number of hydrogen-bond donors (Lipinski definition) is 1. The van der Waals surface area contributed by atoms with Gasteiger partial charge in [0.2, 0.25) is 0 Å². The lowest BCUT2D eigenvalue weighted by molar-refractivity contribution is 0.138. The Labute approximate surface area is 105 Å². The van der Waals surface area contributed by atoms with E-state index >= 15 is 0 Å². The molecule has 0 aliphatic carbocycles. The van der Waals surface area contributed by atoms with Gasteiger partial charge in [0.15, 0.2) is 0 Å². The van der Waals surface area contributed by atoms with E-state index in [1.54, 1.807) is 14.0 Å². The molecule has 0 aliphatic heterocycles. The zero-order chi connectivity index (χ0) is 12.1. The molecule has 1 atom stereocenters. The monoisotopic (exact) mass is 287 g/mol. The van der Waals surface area contributed by atoms with E-state index in [9.17, 15) is 5.11 Å². The summed E-state index contributed by atoms with van der Waals surface area (Å²) in [5, 5.41) is 9.29. The Morgan fingerprint density at radius 1 is 1.50 bits per heavy atom. The molecule has 1 N–H and O–H groups in total. The second-order valence-electron chi connectivity index (χ2n) is 4.00. The minimum absolute atomic E-state index is 0.311. The van der Waals surface area contributed by atoms with Crippen LogP contribution in [0.3, 0.4) is 0 Å². The summed E-state index contributed by atoms with van der Waals surface area (Å²) in [6.07, 6.45) is -0.311. The number of aliphatic hydroxyl groups excluding tert-OH is 1. The number of likely N-dealkylation sites (N-methyl/N-ethyl adjacent to an activating group) is 1. The molecule has 0 bridgehead atoms. The molecule has 0 saturated heterocycles. The summed E-state index contributed by atoms with van der Waals surface area (Å²) in [7, 11) is 3.64. The van der Waals surface area contributed by atoms with Gasteiger partial charge in [-0.15, -0.1) is 0 Å². The molecular weight excluding hydrogens is 270 g/mol. The van der Waals surface area contributed by atoms with Gasteiger partial charge in [-0.1, -0.05) is 15.9 Å². The van der Waals surface area contributed by atoms with E-state index in [1.165, 1.54) is 0 Å². The molecule has 3 nitrogen and oxygen atoms in total. The lowest BCUT2D eigenvalue weighted by Crippen LogP contribution is -2.26. The van der Waals surface area contributed by atoms with Gasteiger partial charge in [-0.3, -0.25) is 4.90 Å². The Morgan fingerprint density at radius 3 is 2.75 bits per heavy atom. The average Bonchev–Trinajstić information content (AvgIpc) is 2.20. The molecule has 0 amide bonds. The van der Waals surface area contributed by atoms with Crippen LogP contribution in [-0.4, -0.2) is 36.8 Å². The van der Waals surface area contributed by atoms with E-state index in [0.29, 0.717) is 6.54 Å². The summed E-state index contributed by atoms with van der Waals surface area (Å²) in [6, 6.07) is 5.90. The Hall–Kier alpha value is -0.580. The van der Waals surface area contributed by atoms with Gasteiger partial charge in [0, 0.05) is 17.6 Å². The van der Waals surface area contributed by atoms with Crippen LogP contribution in [0.2, 0.25) is 0 Å². The molecule has 0 spiro atoms. The van der Waals surface area contributed by atoms with Crippen molar-refractivity contribution in [2.24, 2.45) is 0 Å². The molecule has 0 heterocycles. The smallest absolute Gasteiger partial charge is 0.119 e. The van der Waals surface area contributed by atoms with E-state index in [2.05, 4.69) is 20.8 Å². The van der Waals surface area contributed by atoms with Crippen LogP contribution in [-0.2, 0) is 6.54 Å². The van der Waals surface area contributed by atoms with Gasteiger partial charge >= 0.3 is 0 Å². The third-order valence-electron chi connectivity index (χ3n) is 2.27. The molecule has 1 rings (SSSR count). The molecule has 4 heteroatoms. The van der Waals surface area contributed by atoms with Crippen LogP contribution < -0.4 is 4.74 Å². The second-order valence-corrected chi connectivity index (χ2v) is 4.86. The van der Waals surface area contributed by atoms with Gasteiger partial charge in [0.25, 0.3) is 0 Å². The fourth-order valence-electron chi connectivity index (χ4n) is 1.61. The first kappa shape index (κ1) is 13.5. The third-order valence-corrected chi connectivity index (χ3v) is 3.04. The largest absolute Gasteiger partial charge is 0.497 e. The molecule has 1 aromatic carbocycles. The fourth-order valence-corrected chi connectivity index (χ4v) is 1.98. The first-order chi connectivity index (χ1) is 7.52. The first-order valence-electron chi connectivity index (χ1n) is 5.22. The molecule has 16 heavy (non-hydrogen) atoms. The highest BCUT2D eigenvalue weighted by Crippen LogP contribution is 2.23. The van der Waals surface area contributed by atoms with Crippen molar-refractivity contribution in [3.63, 3.8) is 0 Å². The average molecular weight is 288 g/mol. The Balaban J connectivity index is 2.71. The second kappa shape index (κ2) is 6.23. The maximum atomic E-state index is 9.29. The zero-order valence-corrected chi connectivity index (χ0v) is 11.5. The van der Waals surface area contributed by atoms with Gasteiger partial charge in [-0.05, 0) is 37.7 Å². The number of ether oxygens (including phenoxy) is 1. The molecule has 0 radical (unpaired) electrons.